The summed E-state index contributed by atoms with van der Waals surface area (Å²) in [7, 11) is 0. The molecule has 1 aliphatic heterocycles. The molecule has 8 heteroatoms. The Morgan fingerprint density at radius 1 is 1.13 bits per heavy atom. The summed E-state index contributed by atoms with van der Waals surface area (Å²) in [5, 5.41) is 15.3. The lowest BCUT2D eigenvalue weighted by molar-refractivity contribution is 0.463. The maximum atomic E-state index is 8.62. The van der Waals surface area contributed by atoms with Crippen molar-refractivity contribution in [3.05, 3.63) is 66.1 Å². The molecule has 0 aliphatic carbocycles. The number of pyridine rings is 1. The van der Waals surface area contributed by atoms with Gasteiger partial charge in [0.2, 0.25) is 5.88 Å². The molecule has 3 aromatic rings. The van der Waals surface area contributed by atoms with E-state index in [9.17, 15) is 0 Å². The van der Waals surface area contributed by atoms with E-state index in [2.05, 4.69) is 25.6 Å². The Hall–Kier alpha value is -3.52. The van der Waals surface area contributed by atoms with Crippen LogP contribution in [0.3, 0.4) is 0 Å². The lowest BCUT2D eigenvalue weighted by Crippen LogP contribution is -2.25. The minimum Gasteiger partial charge on any atom is -0.439 e. The van der Waals surface area contributed by atoms with Crippen molar-refractivity contribution < 1.29 is 4.74 Å². The molecular weight excluding hydrogens is 378 g/mol. The first-order valence-electron chi connectivity index (χ1n) is 10.1. The van der Waals surface area contributed by atoms with Gasteiger partial charge >= 0.3 is 0 Å². The molecule has 3 heterocycles. The first-order valence-corrected chi connectivity index (χ1v) is 10.1. The predicted molar refractivity (Wildman–Crippen MR) is 119 cm³/mol. The highest BCUT2D eigenvalue weighted by Gasteiger charge is 2.21. The number of aromatic nitrogens is 3. The molecule has 0 bridgehead atoms. The molecule has 1 atom stereocenters. The number of ether oxygens (including phenoxy) is 1. The quantitative estimate of drug-likeness (QED) is 0.463. The van der Waals surface area contributed by atoms with Crippen molar-refractivity contribution >= 4 is 17.3 Å². The molecule has 0 spiro atoms. The van der Waals surface area contributed by atoms with Crippen LogP contribution in [0.5, 0.6) is 11.6 Å². The van der Waals surface area contributed by atoms with Crippen molar-refractivity contribution in [1.29, 1.82) is 5.41 Å². The zero-order chi connectivity index (χ0) is 21.3. The van der Waals surface area contributed by atoms with Crippen LogP contribution in [0, 0.1) is 5.41 Å². The maximum Gasteiger partial charge on any atom is 0.219 e. The molecule has 0 radical (unpaired) electrons. The maximum absolute atomic E-state index is 8.62. The normalized spacial score (nSPS) is 15.1. The standard InChI is InChI=1S/C20H21N7O.C2H6/c21-18(13-6-7-16(24-10-13)28-15-4-2-1-3-5-15)17-19(22)25-12-26-20(17)27-14-8-9-23-11-14;1-2/h1-7,10,12,14,21,23H,8-9,11H2,(H3,22,25,26,27);1-2H3. The van der Waals surface area contributed by atoms with Crippen LogP contribution in [0.4, 0.5) is 11.6 Å². The lowest BCUT2D eigenvalue weighted by atomic mass is 10.0. The molecule has 30 heavy (non-hydrogen) atoms. The van der Waals surface area contributed by atoms with Crippen LogP contribution in [0.25, 0.3) is 0 Å². The van der Waals surface area contributed by atoms with Gasteiger partial charge in [-0.05, 0) is 31.2 Å². The fraction of sp³-hybridized carbons (Fsp3) is 0.273. The minimum absolute atomic E-state index is 0.213. The Bertz CT molecular complexity index is 955. The van der Waals surface area contributed by atoms with Crippen LogP contribution in [0.1, 0.15) is 31.4 Å². The Balaban J connectivity index is 0.00000124. The fourth-order valence-electron chi connectivity index (χ4n) is 3.07. The summed E-state index contributed by atoms with van der Waals surface area (Å²) in [6.07, 6.45) is 3.99. The van der Waals surface area contributed by atoms with Crippen LogP contribution in [0.15, 0.2) is 55.0 Å². The van der Waals surface area contributed by atoms with Gasteiger partial charge in [0.15, 0.2) is 0 Å². The number of hydrogen-bond donors (Lipinski definition) is 4. The molecular formula is C22H27N7O. The molecule has 1 saturated heterocycles. The monoisotopic (exact) mass is 405 g/mol. The van der Waals surface area contributed by atoms with Gasteiger partial charge in [0, 0.05) is 30.4 Å². The number of rotatable bonds is 6. The van der Waals surface area contributed by atoms with E-state index in [0.717, 1.165) is 19.5 Å². The number of nitrogens with one attached hydrogen (secondary N) is 3. The molecule has 1 unspecified atom stereocenters. The van der Waals surface area contributed by atoms with E-state index < -0.39 is 0 Å². The molecule has 1 fully saturated rings. The Morgan fingerprint density at radius 3 is 2.60 bits per heavy atom. The lowest BCUT2D eigenvalue weighted by Gasteiger charge is -2.17. The Kier molecular flexibility index (Phi) is 7.29. The van der Waals surface area contributed by atoms with Crippen LogP contribution in [-0.2, 0) is 0 Å². The minimum atomic E-state index is 0.213. The summed E-state index contributed by atoms with van der Waals surface area (Å²) in [5.74, 6) is 1.99. The average molecular weight is 406 g/mol. The molecule has 0 amide bonds. The van der Waals surface area contributed by atoms with Gasteiger partial charge in [-0.25, -0.2) is 15.0 Å². The van der Waals surface area contributed by atoms with Gasteiger partial charge in [-0.2, -0.15) is 0 Å². The van der Waals surface area contributed by atoms with Crippen molar-refractivity contribution in [1.82, 2.24) is 20.3 Å². The third kappa shape index (κ3) is 5.09. The van der Waals surface area contributed by atoms with Gasteiger partial charge in [0.05, 0.1) is 11.3 Å². The highest BCUT2D eigenvalue weighted by Crippen LogP contribution is 2.24. The number of nitrogens with zero attached hydrogens (tertiary/aromatic N) is 3. The van der Waals surface area contributed by atoms with Crippen LogP contribution >= 0.6 is 0 Å². The summed E-state index contributed by atoms with van der Waals surface area (Å²) >= 11 is 0. The first-order chi connectivity index (χ1) is 14.7. The number of nitrogen functional groups attached to an aromatic ring is 1. The molecule has 1 aliphatic rings. The van der Waals surface area contributed by atoms with E-state index in [1.807, 2.05) is 44.2 Å². The highest BCUT2D eigenvalue weighted by molar-refractivity contribution is 6.16. The average Bonchev–Trinajstić information content (AvgIpc) is 3.29. The number of benzene rings is 1. The molecule has 5 N–H and O–H groups in total. The van der Waals surface area contributed by atoms with E-state index in [1.165, 1.54) is 6.33 Å². The van der Waals surface area contributed by atoms with E-state index >= 15 is 0 Å². The highest BCUT2D eigenvalue weighted by atomic mass is 16.5. The van der Waals surface area contributed by atoms with Crippen LogP contribution < -0.4 is 21.1 Å². The number of anilines is 2. The number of nitrogens with two attached hydrogens (primary N) is 1. The van der Waals surface area contributed by atoms with Gasteiger partial charge < -0.3 is 21.1 Å². The molecule has 0 saturated carbocycles. The summed E-state index contributed by atoms with van der Waals surface area (Å²) in [6, 6.07) is 13.2. The van der Waals surface area contributed by atoms with Gasteiger partial charge in [-0.1, -0.05) is 32.0 Å². The van der Waals surface area contributed by atoms with Crippen molar-refractivity contribution in [3.8, 4) is 11.6 Å². The zero-order valence-electron chi connectivity index (χ0n) is 17.2. The zero-order valence-corrected chi connectivity index (χ0v) is 17.2. The van der Waals surface area contributed by atoms with E-state index in [-0.39, 0.29) is 17.6 Å². The third-order valence-corrected chi connectivity index (χ3v) is 4.52. The summed E-state index contributed by atoms with van der Waals surface area (Å²) in [5.41, 5.74) is 7.37. The van der Waals surface area contributed by atoms with E-state index in [4.69, 9.17) is 15.9 Å². The van der Waals surface area contributed by atoms with E-state index in [0.29, 0.717) is 28.6 Å². The van der Waals surface area contributed by atoms with Crippen molar-refractivity contribution in [3.63, 3.8) is 0 Å². The van der Waals surface area contributed by atoms with Gasteiger partial charge in [0.25, 0.3) is 0 Å². The summed E-state index contributed by atoms with van der Waals surface area (Å²) in [4.78, 5) is 12.7. The topological polar surface area (TPSA) is 122 Å². The Morgan fingerprint density at radius 2 is 1.93 bits per heavy atom. The van der Waals surface area contributed by atoms with Crippen molar-refractivity contribution in [2.45, 2.75) is 26.3 Å². The van der Waals surface area contributed by atoms with Crippen LogP contribution in [0.2, 0.25) is 0 Å². The molecule has 4 rings (SSSR count). The number of para-hydroxylation sites is 1. The number of hydrogen-bond acceptors (Lipinski definition) is 8. The van der Waals surface area contributed by atoms with Gasteiger partial charge in [-0.15, -0.1) is 0 Å². The Labute approximate surface area is 176 Å². The van der Waals surface area contributed by atoms with E-state index in [1.54, 1.807) is 18.3 Å². The van der Waals surface area contributed by atoms with Crippen LogP contribution in [-0.4, -0.2) is 39.8 Å². The van der Waals surface area contributed by atoms with Gasteiger partial charge in [-0.3, -0.25) is 5.41 Å². The fourth-order valence-corrected chi connectivity index (χ4v) is 3.07. The second-order valence-corrected chi connectivity index (χ2v) is 6.49. The van der Waals surface area contributed by atoms with Gasteiger partial charge in [0.1, 0.15) is 23.7 Å². The molecule has 1 aromatic carbocycles. The first kappa shape index (κ1) is 21.2. The smallest absolute Gasteiger partial charge is 0.219 e. The largest absolute Gasteiger partial charge is 0.439 e. The molecule has 156 valence electrons. The third-order valence-electron chi connectivity index (χ3n) is 4.52. The molecule has 2 aromatic heterocycles. The van der Waals surface area contributed by atoms with Crippen molar-refractivity contribution in [2.24, 2.45) is 0 Å². The molecule has 8 nitrogen and oxygen atoms in total. The second-order valence-electron chi connectivity index (χ2n) is 6.49. The SMILES string of the molecule is CC.N=C(c1ccc(Oc2ccccc2)nc1)c1c(N)ncnc1NC1CCNC1. The predicted octanol–water partition coefficient (Wildman–Crippen LogP) is 3.46. The summed E-state index contributed by atoms with van der Waals surface area (Å²) < 4.78 is 5.70. The second kappa shape index (κ2) is 10.3. The van der Waals surface area contributed by atoms with Crippen molar-refractivity contribution in [2.75, 3.05) is 24.1 Å². The summed E-state index contributed by atoms with van der Waals surface area (Å²) in [6.45, 7) is 5.81.